The molecule has 0 bridgehead atoms. The number of carboxylic acids is 1. The van der Waals surface area contributed by atoms with E-state index >= 15 is 4.39 Å². The van der Waals surface area contributed by atoms with Crippen molar-refractivity contribution in [3.8, 4) is 16.9 Å². The Balaban J connectivity index is 1.35. The molecule has 0 aliphatic carbocycles. The predicted molar refractivity (Wildman–Crippen MR) is 374 cm³/mol. The number of hydrogen-bond donors (Lipinski definition) is 13. The highest BCUT2D eigenvalue weighted by Gasteiger charge is 2.43. The highest BCUT2D eigenvalue weighted by molar-refractivity contribution is 6.00. The fourth-order valence-electron chi connectivity index (χ4n) is 11.8. The van der Waals surface area contributed by atoms with Crippen LogP contribution in [-0.4, -0.2) is 173 Å². The number of amides is 6. The number of nitrogens with zero attached hydrogens (tertiary/aromatic N) is 3. The molecule has 0 spiro atoms. The third kappa shape index (κ3) is 26.1. The number of tetrazole rings is 1. The van der Waals surface area contributed by atoms with E-state index < -0.39 is 187 Å². The summed E-state index contributed by atoms with van der Waals surface area (Å²) in [6, 6.07) is 16.2. The molecule has 16 N–H and O–H groups in total. The van der Waals surface area contributed by atoms with Crippen LogP contribution in [0.1, 0.15) is 145 Å². The zero-order valence-electron chi connectivity index (χ0n) is 59.1. The van der Waals surface area contributed by atoms with Crippen molar-refractivity contribution in [2.24, 2.45) is 34.5 Å². The average molecular weight is 1420 g/mol. The summed E-state index contributed by atoms with van der Waals surface area (Å²) in [5.41, 5.74) is 20.3. The number of rotatable bonds is 45. The third-order valence-corrected chi connectivity index (χ3v) is 17.5. The Kier molecular flexibility index (Phi) is 32.3. The Bertz CT molecular complexity index is 3690. The zero-order chi connectivity index (χ0) is 75.6. The molecule has 0 aliphatic heterocycles. The maximum Gasteiger partial charge on any atom is 0.305 e. The lowest BCUT2D eigenvalue weighted by molar-refractivity contribution is -0.142. The van der Waals surface area contributed by atoms with Crippen LogP contribution in [0, 0.1) is 36.9 Å². The van der Waals surface area contributed by atoms with Crippen LogP contribution in [0.4, 0.5) is 4.39 Å². The molecule has 0 radical (unpaired) electrons. The van der Waals surface area contributed by atoms with E-state index in [9.17, 15) is 73.2 Å². The number of ether oxygens (including phenoxy) is 1. The number of nitrogens with two attached hydrogens (primary N) is 3. The number of hydrogen-bond acceptors (Lipinski definition) is 20. The zero-order valence-corrected chi connectivity index (χ0v) is 59.1. The summed E-state index contributed by atoms with van der Waals surface area (Å²) in [5.74, 6) is -14.0. The van der Waals surface area contributed by atoms with E-state index in [0.717, 1.165) is 66.1 Å². The summed E-state index contributed by atoms with van der Waals surface area (Å²) in [5, 5.41) is 68.4. The third-order valence-electron chi connectivity index (χ3n) is 17.5. The van der Waals surface area contributed by atoms with Gasteiger partial charge in [0.15, 0.2) is 29.0 Å². The molecule has 0 fully saturated rings. The minimum Gasteiger partial charge on any atom is -0.494 e. The van der Waals surface area contributed by atoms with Crippen LogP contribution in [0.5, 0.6) is 5.75 Å². The van der Waals surface area contributed by atoms with Crippen molar-refractivity contribution in [1.29, 1.82) is 0 Å². The number of carbonyl (C=O) groups is 11. The molecular formula is C73H99FN12O16. The van der Waals surface area contributed by atoms with Gasteiger partial charge in [0.1, 0.15) is 29.7 Å². The highest BCUT2D eigenvalue weighted by atomic mass is 19.1. The molecule has 1 aromatic heterocycles. The van der Waals surface area contributed by atoms with Gasteiger partial charge in [-0.1, -0.05) is 96.9 Å². The lowest BCUT2D eigenvalue weighted by Crippen LogP contribution is -2.55. The molecule has 0 aliphatic rings. The van der Waals surface area contributed by atoms with Gasteiger partial charge in [-0.15, -0.1) is 10.2 Å². The second-order valence-corrected chi connectivity index (χ2v) is 27.0. The number of benzene rings is 4. The van der Waals surface area contributed by atoms with Gasteiger partial charge in [0.25, 0.3) is 0 Å². The molecule has 5 rings (SSSR count). The molecule has 0 unspecified atom stereocenters. The molecule has 102 heavy (non-hydrogen) atoms. The van der Waals surface area contributed by atoms with E-state index in [1.54, 1.807) is 12.1 Å². The van der Waals surface area contributed by atoms with E-state index in [2.05, 4.69) is 47.2 Å². The number of carboxylic acid groups (broad SMARTS) is 1. The van der Waals surface area contributed by atoms with E-state index in [1.807, 2.05) is 69.3 Å². The standard InChI is InChI=1S/C73H99FN12O16/c1-9-47-33-52(102-28-13-12-27-75)23-24-53(47)48-21-19-45(20-22-48)32-50(68(98)78-55(67(76)97)18-14-15-46-30-41(2)29-42(3)31-46)34-59(91)57(37-64(95)96)79-69(99)51(40-87)35-60(92)65(43(4)88)82-71(101)73(8,38-49-16-10-11-17-54(49)74)39-61(93)66(44(5)89)81-63(94)26-25-58(90)56(36-62-83-85-86-84-62)80-70(100)72(6,7)77/h10-11,16-17,19-24,29-31,33,43-44,50-51,55-57,65-66,87-89H,9,12-15,18,25-28,32,34-40,75,77H2,1-8H3,(H2,76,97)(H,78,98)(H,79,99)(H,80,100)(H,81,94)(H,82,101)(H,95,96)(H,83,84,85,86)/t43-,44-,50-,51+,55+,56+,57+,65+,66+,73-/m1/s1. The van der Waals surface area contributed by atoms with Crippen molar-refractivity contribution in [1.82, 2.24) is 47.2 Å². The Morgan fingerprint density at radius 2 is 1.30 bits per heavy atom. The van der Waals surface area contributed by atoms with Gasteiger partial charge in [-0.3, -0.25) is 52.7 Å². The van der Waals surface area contributed by atoms with Crippen LogP contribution in [0.25, 0.3) is 11.1 Å². The van der Waals surface area contributed by atoms with Crippen LogP contribution < -0.4 is 48.5 Å². The molecule has 4 aromatic carbocycles. The molecule has 10 atom stereocenters. The van der Waals surface area contributed by atoms with Crippen molar-refractivity contribution in [3.63, 3.8) is 0 Å². The van der Waals surface area contributed by atoms with Crippen LogP contribution in [0.15, 0.2) is 84.9 Å². The molecule has 554 valence electrons. The van der Waals surface area contributed by atoms with Gasteiger partial charge in [-0.05, 0) is 151 Å². The first-order chi connectivity index (χ1) is 48.1. The Labute approximate surface area is 592 Å². The van der Waals surface area contributed by atoms with Crippen LogP contribution >= 0.6 is 0 Å². The number of aryl methyl sites for hydroxylation is 4. The number of unbranched alkanes of at least 4 members (excludes halogenated alkanes) is 1. The molecule has 28 nitrogen and oxygen atoms in total. The molecular weight excluding hydrogens is 1320 g/mol. The quantitative estimate of drug-likeness (QED) is 0.0249. The normalized spacial score (nSPS) is 14.7. The van der Waals surface area contributed by atoms with Gasteiger partial charge in [0, 0.05) is 44.4 Å². The maximum atomic E-state index is 15.5. The van der Waals surface area contributed by atoms with Gasteiger partial charge in [0.2, 0.25) is 35.4 Å². The number of ketones is 4. The van der Waals surface area contributed by atoms with Crippen LogP contribution in [0.3, 0.4) is 0 Å². The summed E-state index contributed by atoms with van der Waals surface area (Å²) in [4.78, 5) is 152. The number of aliphatic hydroxyl groups excluding tert-OH is 3. The van der Waals surface area contributed by atoms with Gasteiger partial charge >= 0.3 is 5.97 Å². The number of H-pyrrole nitrogens is 1. The summed E-state index contributed by atoms with van der Waals surface area (Å²) in [6.07, 6.45) is -5.60. The Hall–Kier alpha value is -9.55. The number of aromatic nitrogens is 4. The van der Waals surface area contributed by atoms with Crippen LogP contribution in [-0.2, 0) is 84.8 Å². The van der Waals surface area contributed by atoms with E-state index in [-0.39, 0.29) is 30.7 Å². The largest absolute Gasteiger partial charge is 0.494 e. The lowest BCUT2D eigenvalue weighted by atomic mass is 9.76. The number of primary amides is 1. The summed E-state index contributed by atoms with van der Waals surface area (Å²) < 4.78 is 21.4. The monoisotopic (exact) mass is 1420 g/mol. The average Bonchev–Trinajstić information content (AvgIpc) is 0.848. The van der Waals surface area contributed by atoms with E-state index in [0.29, 0.717) is 43.7 Å². The minimum absolute atomic E-state index is 0.0515. The van der Waals surface area contributed by atoms with E-state index in [4.69, 9.17) is 21.9 Å². The smallest absolute Gasteiger partial charge is 0.305 e. The number of Topliss-reactive ketones (excluding diaryl/α,β-unsaturated/α-hetero) is 4. The fraction of sp³-hybridized carbons (Fsp3) is 0.507. The number of nitrogens with one attached hydrogen (secondary N) is 6. The highest BCUT2D eigenvalue weighted by Crippen LogP contribution is 2.32. The van der Waals surface area contributed by atoms with Crippen molar-refractivity contribution in [2.75, 3.05) is 19.8 Å². The van der Waals surface area contributed by atoms with Gasteiger partial charge < -0.3 is 68.9 Å². The summed E-state index contributed by atoms with van der Waals surface area (Å²) in [6.45, 7) is 12.2. The molecule has 0 saturated carbocycles. The number of halogens is 1. The van der Waals surface area contributed by atoms with E-state index in [1.165, 1.54) is 39.0 Å². The van der Waals surface area contributed by atoms with Gasteiger partial charge in [0.05, 0.1) is 60.8 Å². The Morgan fingerprint density at radius 3 is 1.89 bits per heavy atom. The van der Waals surface area contributed by atoms with Crippen molar-refractivity contribution < 1.29 is 82.3 Å². The fourth-order valence-corrected chi connectivity index (χ4v) is 11.8. The minimum atomic E-state index is -2.07. The van der Waals surface area contributed by atoms with Crippen molar-refractivity contribution >= 4 is 64.5 Å². The summed E-state index contributed by atoms with van der Waals surface area (Å²) >= 11 is 0. The lowest BCUT2D eigenvalue weighted by Gasteiger charge is -2.33. The predicted octanol–water partition coefficient (Wildman–Crippen LogP) is 2.69. The molecule has 5 aromatic rings. The molecule has 6 amide bonds. The number of carbonyl (C=O) groups excluding carboxylic acids is 10. The van der Waals surface area contributed by atoms with Crippen molar-refractivity contribution in [3.05, 3.63) is 130 Å². The molecule has 1 heterocycles. The Morgan fingerprint density at radius 1 is 0.667 bits per heavy atom. The van der Waals surface area contributed by atoms with Gasteiger partial charge in [-0.25, -0.2) is 4.39 Å². The first kappa shape index (κ1) is 83.1. The first-order valence-corrected chi connectivity index (χ1v) is 34.1. The topological polar surface area (TPSA) is 471 Å². The van der Waals surface area contributed by atoms with Crippen LogP contribution in [0.2, 0.25) is 0 Å². The van der Waals surface area contributed by atoms with Crippen molar-refractivity contribution in [2.45, 2.75) is 200 Å². The molecule has 29 heteroatoms. The summed E-state index contributed by atoms with van der Waals surface area (Å²) in [7, 11) is 0. The van der Waals surface area contributed by atoms with Gasteiger partial charge in [-0.2, -0.15) is 5.21 Å². The molecule has 0 saturated heterocycles. The number of aliphatic carboxylic acids is 1. The first-order valence-electron chi connectivity index (χ1n) is 34.1. The number of aromatic amines is 1. The second-order valence-electron chi connectivity index (χ2n) is 27.0. The maximum absolute atomic E-state index is 15.5. The second kappa shape index (κ2) is 39.6. The SMILES string of the molecule is CCc1cc(OCCCCN)ccc1-c1ccc(C[C@H](CC(=O)[C@H](CC(=O)O)NC(=O)[C@H](CO)CC(=O)[C@@H](NC(=O)[C@@](C)(CC(=O)[C@@H](NC(=O)CCC(=O)[C@H](Cc2nn[nH]n2)NC(=O)C(C)(C)N)[C@@H](C)O)Cc2ccccc2F)[C@@H](C)O)C(=O)N[C@@H](CCCc2cc(C)cc(C)c2)C(N)=O)cc1. The number of aliphatic hydroxyl groups is 3.